The SMILES string of the molecule is Cc1nc(N2CC(C)C(O)C(C)C2)nnc1-c1ccc(C(F)(F)F)cc1O. The van der Waals surface area contributed by atoms with Crippen molar-refractivity contribution < 1.29 is 23.4 Å². The summed E-state index contributed by atoms with van der Waals surface area (Å²) in [7, 11) is 0. The monoisotopic (exact) mass is 382 g/mol. The number of halogens is 3. The van der Waals surface area contributed by atoms with Gasteiger partial charge in [0.1, 0.15) is 11.4 Å². The molecule has 0 radical (unpaired) electrons. The second-order valence-corrected chi connectivity index (χ2v) is 7.13. The molecule has 0 spiro atoms. The fourth-order valence-electron chi connectivity index (χ4n) is 3.39. The van der Waals surface area contributed by atoms with E-state index in [4.69, 9.17) is 0 Å². The standard InChI is InChI=1S/C18H21F3N4O2/c1-9-7-25(8-10(2)16(9)27)17-22-11(3)15(23-24-17)13-5-4-12(6-14(13)26)18(19,20)21/h4-6,9-10,16,26-27H,7-8H2,1-3H3. The number of alkyl halides is 3. The first kappa shape index (κ1) is 19.3. The first-order valence-electron chi connectivity index (χ1n) is 8.63. The number of anilines is 1. The van der Waals surface area contributed by atoms with Gasteiger partial charge in [-0.05, 0) is 37.0 Å². The molecule has 2 atom stereocenters. The molecule has 1 saturated heterocycles. The Bertz CT molecular complexity index is 832. The number of aromatic hydroxyl groups is 1. The molecule has 1 aromatic carbocycles. The van der Waals surface area contributed by atoms with E-state index in [9.17, 15) is 23.4 Å². The summed E-state index contributed by atoms with van der Waals surface area (Å²) in [5, 5.41) is 28.3. The maximum absolute atomic E-state index is 12.8. The third kappa shape index (κ3) is 3.83. The van der Waals surface area contributed by atoms with Crippen LogP contribution in [0.4, 0.5) is 19.1 Å². The number of aliphatic hydroxyl groups is 1. The van der Waals surface area contributed by atoms with Gasteiger partial charge in [0, 0.05) is 18.7 Å². The van der Waals surface area contributed by atoms with Crippen molar-refractivity contribution in [2.24, 2.45) is 11.8 Å². The molecule has 9 heteroatoms. The van der Waals surface area contributed by atoms with E-state index < -0.39 is 23.6 Å². The lowest BCUT2D eigenvalue weighted by Crippen LogP contribution is -2.48. The first-order chi connectivity index (χ1) is 12.6. The van der Waals surface area contributed by atoms with Crippen LogP contribution in [-0.2, 0) is 6.18 Å². The average Bonchev–Trinajstić information content (AvgIpc) is 2.58. The van der Waals surface area contributed by atoms with Gasteiger partial charge in [-0.25, -0.2) is 4.98 Å². The molecule has 2 heterocycles. The Labute approximate surface area is 154 Å². The van der Waals surface area contributed by atoms with E-state index in [2.05, 4.69) is 15.2 Å². The van der Waals surface area contributed by atoms with Crippen molar-refractivity contribution >= 4 is 5.95 Å². The van der Waals surface area contributed by atoms with Gasteiger partial charge in [0.25, 0.3) is 0 Å². The number of rotatable bonds is 2. The van der Waals surface area contributed by atoms with E-state index >= 15 is 0 Å². The number of hydrogen-bond donors (Lipinski definition) is 2. The summed E-state index contributed by atoms with van der Waals surface area (Å²) in [6, 6.07) is 2.72. The molecule has 0 saturated carbocycles. The van der Waals surface area contributed by atoms with Crippen LogP contribution in [-0.4, -0.2) is 44.6 Å². The van der Waals surface area contributed by atoms with Gasteiger partial charge in [0.15, 0.2) is 0 Å². The van der Waals surface area contributed by atoms with Crippen LogP contribution in [0.5, 0.6) is 5.75 Å². The first-order valence-corrected chi connectivity index (χ1v) is 8.63. The van der Waals surface area contributed by atoms with E-state index in [-0.39, 0.29) is 23.1 Å². The van der Waals surface area contributed by atoms with Crippen molar-refractivity contribution in [3.63, 3.8) is 0 Å². The topological polar surface area (TPSA) is 82.4 Å². The summed E-state index contributed by atoms with van der Waals surface area (Å²) in [5.74, 6) is -0.0269. The number of hydrogen-bond acceptors (Lipinski definition) is 6. The zero-order valence-electron chi connectivity index (χ0n) is 15.2. The number of piperidine rings is 1. The van der Waals surface area contributed by atoms with E-state index in [1.54, 1.807) is 6.92 Å². The molecular weight excluding hydrogens is 361 g/mol. The minimum absolute atomic E-state index is 0.0521. The fraction of sp³-hybridized carbons (Fsp3) is 0.500. The predicted molar refractivity (Wildman–Crippen MR) is 93.2 cm³/mol. The molecule has 0 amide bonds. The van der Waals surface area contributed by atoms with Crippen molar-refractivity contribution in [3.8, 4) is 17.0 Å². The lowest BCUT2D eigenvalue weighted by molar-refractivity contribution is -0.137. The van der Waals surface area contributed by atoms with Crippen LogP contribution in [0.1, 0.15) is 25.1 Å². The lowest BCUT2D eigenvalue weighted by atomic mass is 9.88. The summed E-state index contributed by atoms with van der Waals surface area (Å²) in [5.41, 5.74) is -0.124. The lowest BCUT2D eigenvalue weighted by Gasteiger charge is -2.38. The van der Waals surface area contributed by atoms with Crippen LogP contribution in [0.25, 0.3) is 11.3 Å². The second-order valence-electron chi connectivity index (χ2n) is 7.13. The van der Waals surface area contributed by atoms with Crippen molar-refractivity contribution in [3.05, 3.63) is 29.5 Å². The van der Waals surface area contributed by atoms with Gasteiger partial charge in [-0.15, -0.1) is 10.2 Å². The molecule has 1 fully saturated rings. The quantitative estimate of drug-likeness (QED) is 0.831. The molecule has 2 aromatic rings. The van der Waals surface area contributed by atoms with Gasteiger partial charge in [-0.1, -0.05) is 13.8 Å². The Kier molecular flexibility index (Phi) is 4.98. The number of benzene rings is 1. The van der Waals surface area contributed by atoms with E-state index in [0.29, 0.717) is 30.8 Å². The molecular formula is C18H21F3N4O2. The maximum atomic E-state index is 12.8. The van der Waals surface area contributed by atoms with Crippen molar-refractivity contribution in [1.29, 1.82) is 0 Å². The average molecular weight is 382 g/mol. The van der Waals surface area contributed by atoms with Crippen LogP contribution in [0.3, 0.4) is 0 Å². The van der Waals surface area contributed by atoms with Crippen molar-refractivity contribution in [2.75, 3.05) is 18.0 Å². The zero-order valence-corrected chi connectivity index (χ0v) is 15.2. The number of phenolic OH excluding ortho intramolecular Hbond substituents is 1. The molecule has 2 unspecified atom stereocenters. The van der Waals surface area contributed by atoms with Crippen LogP contribution >= 0.6 is 0 Å². The number of aliphatic hydroxyl groups excluding tert-OH is 1. The summed E-state index contributed by atoms with van der Waals surface area (Å²) in [6.07, 6.45) is -4.93. The Hall–Kier alpha value is -2.42. The number of aromatic nitrogens is 3. The van der Waals surface area contributed by atoms with Gasteiger partial charge >= 0.3 is 6.18 Å². The van der Waals surface area contributed by atoms with Crippen LogP contribution < -0.4 is 4.90 Å². The van der Waals surface area contributed by atoms with Crippen LogP contribution in [0.15, 0.2) is 18.2 Å². The van der Waals surface area contributed by atoms with Crippen molar-refractivity contribution in [1.82, 2.24) is 15.2 Å². The molecule has 1 aromatic heterocycles. The highest BCUT2D eigenvalue weighted by Crippen LogP contribution is 2.36. The molecule has 2 N–H and O–H groups in total. The Morgan fingerprint density at radius 2 is 1.74 bits per heavy atom. The number of nitrogens with zero attached hydrogens (tertiary/aromatic N) is 4. The fourth-order valence-corrected chi connectivity index (χ4v) is 3.39. The molecule has 0 bridgehead atoms. The van der Waals surface area contributed by atoms with Gasteiger partial charge in [0.2, 0.25) is 5.95 Å². The van der Waals surface area contributed by atoms with Gasteiger partial charge < -0.3 is 15.1 Å². The minimum atomic E-state index is -4.54. The smallest absolute Gasteiger partial charge is 0.416 e. The van der Waals surface area contributed by atoms with E-state index in [1.165, 1.54) is 0 Å². The zero-order chi connectivity index (χ0) is 19.9. The molecule has 3 rings (SSSR count). The summed E-state index contributed by atoms with van der Waals surface area (Å²) >= 11 is 0. The van der Waals surface area contributed by atoms with Gasteiger partial charge in [-0.3, -0.25) is 0 Å². The highest BCUT2D eigenvalue weighted by Gasteiger charge is 2.33. The summed E-state index contributed by atoms with van der Waals surface area (Å²) < 4.78 is 38.3. The highest BCUT2D eigenvalue weighted by molar-refractivity contribution is 5.69. The van der Waals surface area contributed by atoms with Gasteiger partial charge in [-0.2, -0.15) is 13.2 Å². The minimum Gasteiger partial charge on any atom is -0.507 e. The van der Waals surface area contributed by atoms with Crippen molar-refractivity contribution in [2.45, 2.75) is 33.1 Å². The van der Waals surface area contributed by atoms with Crippen LogP contribution in [0, 0.1) is 18.8 Å². The Morgan fingerprint density at radius 1 is 1.11 bits per heavy atom. The normalized spacial score (nSPS) is 23.5. The summed E-state index contributed by atoms with van der Waals surface area (Å²) in [6.45, 7) is 6.72. The van der Waals surface area contributed by atoms with Crippen LogP contribution in [0.2, 0.25) is 0 Å². The van der Waals surface area contributed by atoms with E-state index in [0.717, 1.165) is 12.1 Å². The van der Waals surface area contributed by atoms with Gasteiger partial charge in [0.05, 0.1) is 17.4 Å². The molecule has 146 valence electrons. The second kappa shape index (κ2) is 6.95. The third-order valence-corrected chi connectivity index (χ3v) is 4.90. The number of aryl methyl sites for hydroxylation is 1. The third-order valence-electron chi connectivity index (χ3n) is 4.90. The Balaban J connectivity index is 1.90. The highest BCUT2D eigenvalue weighted by atomic mass is 19.4. The molecule has 27 heavy (non-hydrogen) atoms. The largest absolute Gasteiger partial charge is 0.507 e. The molecule has 6 nitrogen and oxygen atoms in total. The molecule has 0 aliphatic carbocycles. The Morgan fingerprint density at radius 3 is 2.26 bits per heavy atom. The van der Waals surface area contributed by atoms with E-state index in [1.807, 2.05) is 18.7 Å². The maximum Gasteiger partial charge on any atom is 0.416 e. The predicted octanol–water partition coefficient (Wildman–Crippen LogP) is 3.02. The summed E-state index contributed by atoms with van der Waals surface area (Å²) in [4.78, 5) is 6.35. The molecule has 1 aliphatic rings. The number of phenols is 1. The molecule has 1 aliphatic heterocycles.